The van der Waals surface area contributed by atoms with Gasteiger partial charge < -0.3 is 14.2 Å². The van der Waals surface area contributed by atoms with Crippen molar-refractivity contribution in [3.8, 4) is 17.2 Å². The van der Waals surface area contributed by atoms with Crippen molar-refractivity contribution in [2.45, 2.75) is 26.4 Å². The molecule has 0 amide bonds. The van der Waals surface area contributed by atoms with Crippen LogP contribution in [0.3, 0.4) is 0 Å². The SMILES string of the molecule is COc1ccnc(COc2ccc(C(C)C)cc2)c1OC. The van der Waals surface area contributed by atoms with E-state index < -0.39 is 0 Å². The molecule has 0 saturated carbocycles. The number of hydrogen-bond donors (Lipinski definition) is 0. The van der Waals surface area contributed by atoms with Crippen molar-refractivity contribution in [3.05, 3.63) is 47.8 Å². The summed E-state index contributed by atoms with van der Waals surface area (Å²) in [6.45, 7) is 4.67. The van der Waals surface area contributed by atoms with E-state index in [1.54, 1.807) is 26.5 Å². The summed E-state index contributed by atoms with van der Waals surface area (Å²) in [5.74, 6) is 2.59. The molecular formula is C17H21NO3. The Morgan fingerprint density at radius 1 is 1.00 bits per heavy atom. The first-order valence-corrected chi connectivity index (χ1v) is 6.94. The quantitative estimate of drug-likeness (QED) is 0.810. The second-order valence-corrected chi connectivity index (χ2v) is 5.01. The number of pyridine rings is 1. The molecule has 0 fully saturated rings. The van der Waals surface area contributed by atoms with Gasteiger partial charge in [-0.2, -0.15) is 0 Å². The maximum absolute atomic E-state index is 5.77. The highest BCUT2D eigenvalue weighted by Crippen LogP contribution is 2.29. The van der Waals surface area contributed by atoms with Crippen LogP contribution in [0.15, 0.2) is 36.5 Å². The van der Waals surface area contributed by atoms with Crippen LogP contribution in [-0.2, 0) is 6.61 Å². The van der Waals surface area contributed by atoms with E-state index in [0.29, 0.717) is 29.7 Å². The molecule has 0 N–H and O–H groups in total. The van der Waals surface area contributed by atoms with Gasteiger partial charge in [-0.3, -0.25) is 4.98 Å². The van der Waals surface area contributed by atoms with Gasteiger partial charge >= 0.3 is 0 Å². The van der Waals surface area contributed by atoms with Crippen molar-refractivity contribution in [3.63, 3.8) is 0 Å². The second kappa shape index (κ2) is 6.97. The van der Waals surface area contributed by atoms with Gasteiger partial charge in [0.05, 0.1) is 14.2 Å². The highest BCUT2D eigenvalue weighted by molar-refractivity contribution is 5.42. The van der Waals surface area contributed by atoms with Crippen molar-refractivity contribution in [1.29, 1.82) is 0 Å². The Kier molecular flexibility index (Phi) is 5.04. The van der Waals surface area contributed by atoms with Crippen LogP contribution in [0.25, 0.3) is 0 Å². The minimum absolute atomic E-state index is 0.335. The molecule has 0 aliphatic rings. The summed E-state index contributed by atoms with van der Waals surface area (Å²) in [4.78, 5) is 4.29. The number of nitrogens with zero attached hydrogens (tertiary/aromatic N) is 1. The summed E-state index contributed by atoms with van der Waals surface area (Å²) in [5.41, 5.74) is 2.00. The first-order chi connectivity index (χ1) is 10.2. The molecule has 0 radical (unpaired) electrons. The topological polar surface area (TPSA) is 40.6 Å². The average molecular weight is 287 g/mol. The van der Waals surface area contributed by atoms with E-state index in [1.165, 1.54) is 5.56 Å². The maximum Gasteiger partial charge on any atom is 0.185 e. The van der Waals surface area contributed by atoms with E-state index >= 15 is 0 Å². The summed E-state index contributed by atoms with van der Waals surface area (Å²) in [7, 11) is 3.20. The smallest absolute Gasteiger partial charge is 0.185 e. The molecule has 2 rings (SSSR count). The number of hydrogen-bond acceptors (Lipinski definition) is 4. The molecule has 0 aliphatic heterocycles. The van der Waals surface area contributed by atoms with E-state index in [9.17, 15) is 0 Å². The van der Waals surface area contributed by atoms with Crippen LogP contribution in [0.4, 0.5) is 0 Å². The summed E-state index contributed by atoms with van der Waals surface area (Å²) in [6, 6.07) is 9.87. The number of rotatable bonds is 6. The standard InChI is InChI=1S/C17H21NO3/c1-12(2)13-5-7-14(8-6-13)21-11-15-17(20-4)16(19-3)9-10-18-15/h5-10,12H,11H2,1-4H3. The first kappa shape index (κ1) is 15.2. The molecule has 21 heavy (non-hydrogen) atoms. The third-order valence-electron chi connectivity index (χ3n) is 3.29. The molecule has 2 aromatic rings. The van der Waals surface area contributed by atoms with Crippen LogP contribution >= 0.6 is 0 Å². The predicted molar refractivity (Wildman–Crippen MR) is 82.2 cm³/mol. The third kappa shape index (κ3) is 3.66. The van der Waals surface area contributed by atoms with E-state index in [-0.39, 0.29) is 0 Å². The Hall–Kier alpha value is -2.23. The molecule has 4 heteroatoms. The maximum atomic E-state index is 5.77. The van der Waals surface area contributed by atoms with Crippen molar-refractivity contribution in [2.24, 2.45) is 0 Å². The molecule has 0 atom stereocenters. The lowest BCUT2D eigenvalue weighted by atomic mass is 10.0. The summed E-state index contributed by atoms with van der Waals surface area (Å²) >= 11 is 0. The Morgan fingerprint density at radius 2 is 1.71 bits per heavy atom. The predicted octanol–water partition coefficient (Wildman–Crippen LogP) is 3.80. The molecule has 1 aromatic carbocycles. The van der Waals surface area contributed by atoms with Crippen LogP contribution in [0.5, 0.6) is 17.2 Å². The average Bonchev–Trinajstić information content (AvgIpc) is 2.52. The Bertz CT molecular complexity index is 579. The van der Waals surface area contributed by atoms with Gasteiger partial charge in [0, 0.05) is 12.3 Å². The minimum Gasteiger partial charge on any atom is -0.493 e. The van der Waals surface area contributed by atoms with Gasteiger partial charge in [0.25, 0.3) is 0 Å². The molecule has 0 unspecified atom stereocenters. The van der Waals surface area contributed by atoms with Crippen molar-refractivity contribution in [1.82, 2.24) is 4.98 Å². The molecular weight excluding hydrogens is 266 g/mol. The fourth-order valence-corrected chi connectivity index (χ4v) is 2.05. The van der Waals surface area contributed by atoms with E-state index in [2.05, 4.69) is 31.0 Å². The Morgan fingerprint density at radius 3 is 2.29 bits per heavy atom. The lowest BCUT2D eigenvalue weighted by Gasteiger charge is -2.13. The zero-order chi connectivity index (χ0) is 15.2. The summed E-state index contributed by atoms with van der Waals surface area (Å²) in [5, 5.41) is 0. The second-order valence-electron chi connectivity index (χ2n) is 5.01. The lowest BCUT2D eigenvalue weighted by Crippen LogP contribution is -2.03. The molecule has 0 spiro atoms. The number of aromatic nitrogens is 1. The van der Waals surface area contributed by atoms with Gasteiger partial charge in [-0.1, -0.05) is 26.0 Å². The van der Waals surface area contributed by atoms with Crippen LogP contribution < -0.4 is 14.2 Å². The van der Waals surface area contributed by atoms with Gasteiger partial charge in [0.1, 0.15) is 18.1 Å². The number of benzene rings is 1. The Labute approximate surface area is 125 Å². The van der Waals surface area contributed by atoms with Gasteiger partial charge in [0.15, 0.2) is 11.5 Å². The molecule has 0 saturated heterocycles. The number of methoxy groups -OCH3 is 2. The van der Waals surface area contributed by atoms with Crippen LogP contribution in [0.1, 0.15) is 31.0 Å². The normalized spacial score (nSPS) is 10.5. The highest BCUT2D eigenvalue weighted by Gasteiger charge is 2.11. The summed E-state index contributed by atoms with van der Waals surface area (Å²) < 4.78 is 16.4. The third-order valence-corrected chi connectivity index (χ3v) is 3.29. The van der Waals surface area contributed by atoms with Crippen LogP contribution in [-0.4, -0.2) is 19.2 Å². The van der Waals surface area contributed by atoms with Crippen molar-refractivity contribution < 1.29 is 14.2 Å². The molecule has 0 bridgehead atoms. The van der Waals surface area contributed by atoms with Gasteiger partial charge in [-0.15, -0.1) is 0 Å². The minimum atomic E-state index is 0.335. The van der Waals surface area contributed by atoms with Gasteiger partial charge in [-0.25, -0.2) is 0 Å². The van der Waals surface area contributed by atoms with E-state index in [1.807, 2.05) is 12.1 Å². The molecule has 112 valence electrons. The number of ether oxygens (including phenoxy) is 3. The highest BCUT2D eigenvalue weighted by atomic mass is 16.5. The monoisotopic (exact) mass is 287 g/mol. The molecule has 0 aliphatic carbocycles. The van der Waals surface area contributed by atoms with E-state index in [4.69, 9.17) is 14.2 Å². The fourth-order valence-electron chi connectivity index (χ4n) is 2.05. The molecule has 4 nitrogen and oxygen atoms in total. The fraction of sp³-hybridized carbons (Fsp3) is 0.353. The van der Waals surface area contributed by atoms with Crippen LogP contribution in [0.2, 0.25) is 0 Å². The summed E-state index contributed by atoms with van der Waals surface area (Å²) in [6.07, 6.45) is 1.68. The molecule has 1 aromatic heterocycles. The zero-order valence-electron chi connectivity index (χ0n) is 12.9. The lowest BCUT2D eigenvalue weighted by molar-refractivity contribution is 0.284. The van der Waals surface area contributed by atoms with Gasteiger partial charge in [-0.05, 0) is 23.6 Å². The Balaban J connectivity index is 2.09. The first-order valence-electron chi connectivity index (χ1n) is 6.94. The van der Waals surface area contributed by atoms with Crippen molar-refractivity contribution >= 4 is 0 Å². The van der Waals surface area contributed by atoms with Gasteiger partial charge in [0.2, 0.25) is 0 Å². The zero-order valence-corrected chi connectivity index (χ0v) is 12.9. The molecule has 1 heterocycles. The van der Waals surface area contributed by atoms with Crippen molar-refractivity contribution in [2.75, 3.05) is 14.2 Å². The largest absolute Gasteiger partial charge is 0.493 e. The van der Waals surface area contributed by atoms with E-state index in [0.717, 1.165) is 5.75 Å². The van der Waals surface area contributed by atoms with Crippen LogP contribution in [0, 0.1) is 0 Å².